The summed E-state index contributed by atoms with van der Waals surface area (Å²) in [6.45, 7) is 3.27. The average molecular weight is 203 g/mol. The third-order valence-electron chi connectivity index (χ3n) is 3.77. The molecule has 3 heteroatoms. The fourth-order valence-corrected chi connectivity index (χ4v) is 2.50. The van der Waals surface area contributed by atoms with Gasteiger partial charge in [0.25, 0.3) is 5.92 Å². The Hall–Kier alpha value is -0.180. The van der Waals surface area contributed by atoms with E-state index in [9.17, 15) is 8.78 Å². The highest BCUT2D eigenvalue weighted by Crippen LogP contribution is 2.51. The first-order valence-corrected chi connectivity index (χ1v) is 5.71. The van der Waals surface area contributed by atoms with Crippen LogP contribution in [0.4, 0.5) is 8.78 Å². The first-order chi connectivity index (χ1) is 6.59. The van der Waals surface area contributed by atoms with Crippen molar-refractivity contribution in [3.63, 3.8) is 0 Å². The molecule has 1 saturated carbocycles. The molecule has 0 aromatic heterocycles. The summed E-state index contributed by atoms with van der Waals surface area (Å²) in [5.74, 6) is -1.98. The lowest BCUT2D eigenvalue weighted by molar-refractivity contribution is 0.0942. The van der Waals surface area contributed by atoms with E-state index in [1.807, 2.05) is 0 Å². The highest BCUT2D eigenvalue weighted by molar-refractivity contribution is 4.95. The second kappa shape index (κ2) is 3.76. The predicted molar refractivity (Wildman–Crippen MR) is 52.5 cm³/mol. The van der Waals surface area contributed by atoms with Crippen LogP contribution < -0.4 is 5.32 Å². The summed E-state index contributed by atoms with van der Waals surface area (Å²) >= 11 is 0. The van der Waals surface area contributed by atoms with Crippen LogP contribution in [0.3, 0.4) is 0 Å². The monoisotopic (exact) mass is 203 g/mol. The van der Waals surface area contributed by atoms with Gasteiger partial charge in [-0.15, -0.1) is 0 Å². The molecule has 0 amide bonds. The standard InChI is InChI=1S/C11H19F2N/c1-8-9(3-2-6-14-8)4-5-10-7-11(10,12)13/h8-10,14H,2-7H2,1H3. The summed E-state index contributed by atoms with van der Waals surface area (Å²) in [5.41, 5.74) is 0. The Morgan fingerprint density at radius 3 is 2.64 bits per heavy atom. The van der Waals surface area contributed by atoms with Gasteiger partial charge in [0.15, 0.2) is 0 Å². The molecular formula is C11H19F2N. The number of hydrogen-bond acceptors (Lipinski definition) is 1. The normalized spacial score (nSPS) is 40.9. The van der Waals surface area contributed by atoms with Crippen LogP contribution in [0.5, 0.6) is 0 Å². The Bertz CT molecular complexity index is 205. The van der Waals surface area contributed by atoms with E-state index in [2.05, 4.69) is 12.2 Å². The molecule has 2 rings (SSSR count). The van der Waals surface area contributed by atoms with Crippen molar-refractivity contribution in [2.24, 2.45) is 11.8 Å². The van der Waals surface area contributed by atoms with E-state index in [-0.39, 0.29) is 12.3 Å². The number of rotatable bonds is 3. The molecule has 1 saturated heterocycles. The Morgan fingerprint density at radius 2 is 2.07 bits per heavy atom. The Kier molecular flexibility index (Phi) is 2.78. The summed E-state index contributed by atoms with van der Waals surface area (Å²) in [6, 6.07) is 0.524. The molecule has 0 radical (unpaired) electrons. The fourth-order valence-electron chi connectivity index (χ4n) is 2.50. The third kappa shape index (κ3) is 2.25. The van der Waals surface area contributed by atoms with Crippen LogP contribution in [0.2, 0.25) is 0 Å². The molecule has 0 bridgehead atoms. The van der Waals surface area contributed by atoms with Crippen molar-refractivity contribution < 1.29 is 8.78 Å². The van der Waals surface area contributed by atoms with Crippen molar-refractivity contribution in [1.29, 1.82) is 0 Å². The van der Waals surface area contributed by atoms with E-state index < -0.39 is 5.92 Å². The second-order valence-corrected chi connectivity index (χ2v) is 4.88. The number of nitrogens with one attached hydrogen (secondary N) is 1. The molecule has 1 aliphatic carbocycles. The molecule has 3 atom stereocenters. The molecule has 1 aliphatic heterocycles. The topological polar surface area (TPSA) is 12.0 Å². The Morgan fingerprint density at radius 1 is 1.36 bits per heavy atom. The number of piperidine rings is 1. The minimum atomic E-state index is -2.31. The highest BCUT2D eigenvalue weighted by atomic mass is 19.3. The van der Waals surface area contributed by atoms with E-state index >= 15 is 0 Å². The van der Waals surface area contributed by atoms with Gasteiger partial charge >= 0.3 is 0 Å². The lowest BCUT2D eigenvalue weighted by Crippen LogP contribution is -2.38. The van der Waals surface area contributed by atoms with Crippen LogP contribution in [-0.2, 0) is 0 Å². The minimum absolute atomic E-state index is 0.140. The van der Waals surface area contributed by atoms with Crippen LogP contribution in [0.1, 0.15) is 39.0 Å². The maximum Gasteiger partial charge on any atom is 0.251 e. The lowest BCUT2D eigenvalue weighted by Gasteiger charge is -2.29. The molecular weight excluding hydrogens is 184 g/mol. The molecule has 2 aliphatic rings. The van der Waals surface area contributed by atoms with Gasteiger partial charge in [0.05, 0.1) is 0 Å². The van der Waals surface area contributed by atoms with Gasteiger partial charge < -0.3 is 5.32 Å². The molecule has 3 unspecified atom stereocenters. The molecule has 0 aromatic rings. The Balaban J connectivity index is 1.70. The van der Waals surface area contributed by atoms with E-state index in [0.29, 0.717) is 12.0 Å². The van der Waals surface area contributed by atoms with Gasteiger partial charge in [0.2, 0.25) is 0 Å². The SMILES string of the molecule is CC1NCCCC1CCC1CC1(F)F. The third-order valence-corrected chi connectivity index (χ3v) is 3.77. The Labute approximate surface area is 84.3 Å². The van der Waals surface area contributed by atoms with Crippen LogP contribution in [0.25, 0.3) is 0 Å². The summed E-state index contributed by atoms with van der Waals surface area (Å²) in [6.07, 6.45) is 4.27. The van der Waals surface area contributed by atoms with Gasteiger partial charge in [-0.25, -0.2) is 8.78 Å². The first kappa shape index (κ1) is 10.3. The van der Waals surface area contributed by atoms with Crippen molar-refractivity contribution in [1.82, 2.24) is 5.32 Å². The summed E-state index contributed by atoms with van der Waals surface area (Å²) < 4.78 is 25.3. The maximum atomic E-state index is 12.6. The molecule has 1 nitrogen and oxygen atoms in total. The van der Waals surface area contributed by atoms with Crippen LogP contribution >= 0.6 is 0 Å². The summed E-state index contributed by atoms with van der Waals surface area (Å²) in [5, 5.41) is 3.41. The van der Waals surface area contributed by atoms with Crippen molar-refractivity contribution >= 4 is 0 Å². The van der Waals surface area contributed by atoms with Crippen LogP contribution in [-0.4, -0.2) is 18.5 Å². The molecule has 82 valence electrons. The van der Waals surface area contributed by atoms with E-state index in [1.165, 1.54) is 12.8 Å². The van der Waals surface area contributed by atoms with Crippen molar-refractivity contribution in [3.05, 3.63) is 0 Å². The van der Waals surface area contributed by atoms with E-state index in [4.69, 9.17) is 0 Å². The maximum absolute atomic E-state index is 12.6. The van der Waals surface area contributed by atoms with Crippen molar-refractivity contribution in [2.45, 2.75) is 51.0 Å². The van der Waals surface area contributed by atoms with Gasteiger partial charge in [-0.3, -0.25) is 0 Å². The minimum Gasteiger partial charge on any atom is -0.314 e. The predicted octanol–water partition coefficient (Wildman–Crippen LogP) is 2.81. The largest absolute Gasteiger partial charge is 0.314 e. The summed E-state index contributed by atoms with van der Waals surface area (Å²) in [4.78, 5) is 0. The van der Waals surface area contributed by atoms with Gasteiger partial charge in [-0.05, 0) is 45.1 Å². The van der Waals surface area contributed by atoms with Crippen molar-refractivity contribution in [3.8, 4) is 0 Å². The fraction of sp³-hybridized carbons (Fsp3) is 1.00. The highest BCUT2D eigenvalue weighted by Gasteiger charge is 2.56. The zero-order valence-corrected chi connectivity index (χ0v) is 8.73. The second-order valence-electron chi connectivity index (χ2n) is 4.88. The van der Waals surface area contributed by atoms with Crippen molar-refractivity contribution in [2.75, 3.05) is 6.54 Å². The van der Waals surface area contributed by atoms with Crippen LogP contribution in [0.15, 0.2) is 0 Å². The average Bonchev–Trinajstić information content (AvgIpc) is 2.73. The van der Waals surface area contributed by atoms with E-state index in [1.54, 1.807) is 0 Å². The van der Waals surface area contributed by atoms with Gasteiger partial charge in [0.1, 0.15) is 0 Å². The molecule has 0 spiro atoms. The zero-order valence-electron chi connectivity index (χ0n) is 8.73. The van der Waals surface area contributed by atoms with E-state index in [0.717, 1.165) is 19.4 Å². The molecule has 0 aromatic carbocycles. The van der Waals surface area contributed by atoms with Crippen LogP contribution in [0, 0.1) is 11.8 Å². The lowest BCUT2D eigenvalue weighted by atomic mass is 9.87. The van der Waals surface area contributed by atoms with Gasteiger partial charge in [0, 0.05) is 18.4 Å². The number of alkyl halides is 2. The first-order valence-electron chi connectivity index (χ1n) is 5.71. The summed E-state index contributed by atoms with van der Waals surface area (Å²) in [7, 11) is 0. The zero-order chi connectivity index (χ0) is 10.2. The number of hydrogen-bond donors (Lipinski definition) is 1. The van der Waals surface area contributed by atoms with Gasteiger partial charge in [-0.2, -0.15) is 0 Å². The molecule has 1 N–H and O–H groups in total. The quantitative estimate of drug-likeness (QED) is 0.743. The molecule has 2 fully saturated rings. The molecule has 14 heavy (non-hydrogen) atoms. The smallest absolute Gasteiger partial charge is 0.251 e. The molecule has 1 heterocycles. The van der Waals surface area contributed by atoms with Gasteiger partial charge in [-0.1, -0.05) is 0 Å². The number of halogens is 2.